The maximum Gasteiger partial charge on any atom is 0.299 e. The molecule has 2 aromatic carbocycles. The number of nitrogens with one attached hydrogen (secondary N) is 1. The van der Waals surface area contributed by atoms with Gasteiger partial charge in [0.05, 0.1) is 12.1 Å². The number of hydrogen-bond donors (Lipinski definition) is 2. The molecule has 0 saturated carbocycles. The van der Waals surface area contributed by atoms with E-state index in [0.717, 1.165) is 24.3 Å². The lowest BCUT2D eigenvalue weighted by Gasteiger charge is -2.22. The molecule has 3 N–H and O–H groups in total. The van der Waals surface area contributed by atoms with Gasteiger partial charge in [-0.25, -0.2) is 26.5 Å². The predicted octanol–water partition coefficient (Wildman–Crippen LogP) is 4.64. The van der Waals surface area contributed by atoms with Crippen molar-refractivity contribution in [1.29, 1.82) is 0 Å². The van der Waals surface area contributed by atoms with Gasteiger partial charge >= 0.3 is 0 Å². The first-order chi connectivity index (χ1) is 16.1. The third kappa shape index (κ3) is 4.41. The van der Waals surface area contributed by atoms with Crippen molar-refractivity contribution >= 4 is 17.5 Å². The van der Waals surface area contributed by atoms with Crippen molar-refractivity contribution in [3.8, 4) is 11.1 Å². The molecule has 2 aromatic heterocycles. The predicted molar refractivity (Wildman–Crippen MR) is 115 cm³/mol. The summed E-state index contributed by atoms with van der Waals surface area (Å²) >= 11 is 0. The van der Waals surface area contributed by atoms with Crippen molar-refractivity contribution in [3.05, 3.63) is 83.1 Å². The fourth-order valence-electron chi connectivity index (χ4n) is 3.49. The lowest BCUT2D eigenvalue weighted by atomic mass is 9.98. The van der Waals surface area contributed by atoms with Crippen LogP contribution in [0.5, 0.6) is 0 Å². The molecule has 0 aliphatic heterocycles. The molecular weight excluding hydrogens is 457 g/mol. The summed E-state index contributed by atoms with van der Waals surface area (Å²) in [7, 11) is 0. The number of hydrogen-bond acceptors (Lipinski definition) is 4. The maximum atomic E-state index is 15.3. The highest BCUT2D eigenvalue weighted by Crippen LogP contribution is 2.35. The van der Waals surface area contributed by atoms with Crippen LogP contribution in [0.1, 0.15) is 27.7 Å². The fraction of sp³-hybridized carbons (Fsp3) is 0.174. The molecule has 2 heterocycles. The van der Waals surface area contributed by atoms with Gasteiger partial charge in [-0.05, 0) is 47.9 Å². The van der Waals surface area contributed by atoms with Crippen LogP contribution in [0.3, 0.4) is 0 Å². The van der Waals surface area contributed by atoms with Gasteiger partial charge in [0, 0.05) is 11.8 Å². The Hall–Kier alpha value is -4.02. The minimum Gasteiger partial charge on any atom is -0.366 e. The Morgan fingerprint density at radius 2 is 1.85 bits per heavy atom. The van der Waals surface area contributed by atoms with Gasteiger partial charge in [-0.2, -0.15) is 4.98 Å². The molecule has 1 amide bonds. The van der Waals surface area contributed by atoms with E-state index in [0.29, 0.717) is 11.2 Å². The largest absolute Gasteiger partial charge is 0.366 e. The number of benzene rings is 2. The monoisotopic (exact) mass is 475 g/mol. The summed E-state index contributed by atoms with van der Waals surface area (Å²) in [5.41, 5.74) is 5.58. The van der Waals surface area contributed by atoms with Crippen LogP contribution in [0.15, 0.2) is 54.7 Å². The maximum absolute atomic E-state index is 15.3. The zero-order valence-corrected chi connectivity index (χ0v) is 17.7. The van der Waals surface area contributed by atoms with Gasteiger partial charge in [0.25, 0.3) is 11.8 Å². The minimum atomic E-state index is -4.02. The highest BCUT2D eigenvalue weighted by Gasteiger charge is 2.41. The van der Waals surface area contributed by atoms with E-state index in [1.54, 1.807) is 0 Å². The molecule has 11 heteroatoms. The first-order valence-corrected chi connectivity index (χ1v) is 10.0. The summed E-state index contributed by atoms with van der Waals surface area (Å²) < 4.78 is 72.8. The summed E-state index contributed by atoms with van der Waals surface area (Å²) in [6.07, 6.45) is -1.29. The zero-order valence-electron chi connectivity index (χ0n) is 17.7. The molecule has 0 spiro atoms. The second-order valence-electron chi connectivity index (χ2n) is 7.67. The number of halogens is 5. The number of carbonyl (C=O) groups excluding carboxylic acids is 1. The molecule has 176 valence electrons. The Bertz CT molecular complexity index is 1370. The number of amides is 1. The van der Waals surface area contributed by atoms with E-state index in [-0.39, 0.29) is 17.1 Å². The van der Waals surface area contributed by atoms with Gasteiger partial charge in [-0.15, -0.1) is 5.10 Å². The number of nitrogens with two attached hydrogens (primary N) is 1. The van der Waals surface area contributed by atoms with E-state index in [1.165, 1.54) is 41.9 Å². The number of aromatic nitrogens is 3. The molecule has 0 aliphatic carbocycles. The van der Waals surface area contributed by atoms with Crippen LogP contribution in [-0.2, 0) is 0 Å². The van der Waals surface area contributed by atoms with E-state index in [9.17, 15) is 22.4 Å². The Balaban J connectivity index is 1.57. The van der Waals surface area contributed by atoms with Gasteiger partial charge in [-0.1, -0.05) is 24.3 Å². The second kappa shape index (κ2) is 8.73. The first kappa shape index (κ1) is 23.1. The van der Waals surface area contributed by atoms with Gasteiger partial charge < -0.3 is 11.1 Å². The number of nitrogens with zero attached hydrogens (tertiary/aromatic N) is 3. The molecule has 0 radical (unpaired) electrons. The van der Waals surface area contributed by atoms with Crippen LogP contribution in [0.4, 0.5) is 27.9 Å². The summed E-state index contributed by atoms with van der Waals surface area (Å²) in [6.45, 7) is 0.0528. The molecular formula is C23H18F5N5O. The molecule has 0 fully saturated rings. The number of alkyl halides is 3. The number of nitrogen functional groups attached to an aromatic ring is 1. The van der Waals surface area contributed by atoms with Crippen molar-refractivity contribution in [3.63, 3.8) is 0 Å². The number of aryl methyl sites for hydroxylation is 1. The number of rotatable bonds is 6. The molecule has 0 bridgehead atoms. The van der Waals surface area contributed by atoms with Crippen molar-refractivity contribution in [2.45, 2.75) is 19.0 Å². The number of anilines is 1. The molecule has 4 aromatic rings. The van der Waals surface area contributed by atoms with E-state index in [2.05, 4.69) is 10.1 Å². The lowest BCUT2D eigenvalue weighted by Crippen LogP contribution is -2.40. The van der Waals surface area contributed by atoms with Crippen LogP contribution in [0, 0.1) is 18.6 Å². The normalized spacial score (nSPS) is 12.6. The van der Waals surface area contributed by atoms with Crippen molar-refractivity contribution < 1.29 is 26.7 Å². The third-order valence-corrected chi connectivity index (χ3v) is 5.26. The molecule has 0 unspecified atom stereocenters. The summed E-state index contributed by atoms with van der Waals surface area (Å²) in [5, 5.41) is 5.83. The van der Waals surface area contributed by atoms with Crippen molar-refractivity contribution in [2.24, 2.45) is 0 Å². The summed E-state index contributed by atoms with van der Waals surface area (Å²) in [5.74, 6) is -6.77. The number of pyridine rings is 1. The topological polar surface area (TPSA) is 85.3 Å². The van der Waals surface area contributed by atoms with Gasteiger partial charge in [0.2, 0.25) is 5.95 Å². The molecule has 0 aliphatic rings. The third-order valence-electron chi connectivity index (χ3n) is 5.26. The quantitative estimate of drug-likeness (QED) is 0.398. The highest BCUT2D eigenvalue weighted by molar-refractivity contribution is 5.97. The van der Waals surface area contributed by atoms with E-state index in [4.69, 9.17) is 5.73 Å². The minimum absolute atomic E-state index is 0.0225. The van der Waals surface area contributed by atoms with E-state index >= 15 is 4.39 Å². The summed E-state index contributed by atoms with van der Waals surface area (Å²) in [6, 6.07) is 9.42. The van der Waals surface area contributed by atoms with Crippen LogP contribution in [0.2, 0.25) is 0 Å². The van der Waals surface area contributed by atoms with Crippen molar-refractivity contribution in [1.82, 2.24) is 19.9 Å². The van der Waals surface area contributed by atoms with Crippen molar-refractivity contribution in [2.75, 3.05) is 12.3 Å². The van der Waals surface area contributed by atoms with Gasteiger partial charge in [0.15, 0.2) is 11.8 Å². The number of carbonyl (C=O) groups is 1. The Morgan fingerprint density at radius 3 is 2.56 bits per heavy atom. The second-order valence-corrected chi connectivity index (χ2v) is 7.67. The summed E-state index contributed by atoms with van der Waals surface area (Å²) in [4.78, 5) is 16.6. The zero-order chi connectivity index (χ0) is 24.6. The average Bonchev–Trinajstić information content (AvgIpc) is 3.17. The lowest BCUT2D eigenvalue weighted by molar-refractivity contribution is -0.0700. The Morgan fingerprint density at radius 1 is 1.15 bits per heavy atom. The smallest absolute Gasteiger partial charge is 0.299 e. The standard InChI is InChI=1S/C23H18F5N5O/c1-12-2-7-16(14-8-9-33-17(10-14)31-22(29)32-33)19(25)18(12)21(34)30-11-23(27,28)20(26)13-3-5-15(24)6-4-13/h2-10,20H,11H2,1H3,(H2,29,32)(H,30,34)/t20-/m0/s1. The SMILES string of the molecule is Cc1ccc(-c2ccn3nc(N)nc3c2)c(F)c1C(=O)NCC(F)(F)[C@@H](F)c1ccc(F)cc1. The van der Waals surface area contributed by atoms with E-state index < -0.39 is 47.3 Å². The average molecular weight is 475 g/mol. The molecule has 0 saturated heterocycles. The first-order valence-electron chi connectivity index (χ1n) is 10.0. The number of fused-ring (bicyclic) bond motifs is 1. The highest BCUT2D eigenvalue weighted by atomic mass is 19.3. The van der Waals surface area contributed by atoms with Gasteiger partial charge in [0.1, 0.15) is 11.6 Å². The van der Waals surface area contributed by atoms with E-state index in [1.807, 2.05) is 5.32 Å². The fourth-order valence-corrected chi connectivity index (χ4v) is 3.49. The van der Waals surface area contributed by atoms with Crippen LogP contribution < -0.4 is 11.1 Å². The van der Waals surface area contributed by atoms with Crippen LogP contribution in [-0.4, -0.2) is 33.0 Å². The molecule has 1 atom stereocenters. The molecule has 6 nitrogen and oxygen atoms in total. The van der Waals surface area contributed by atoms with Crippen LogP contribution >= 0.6 is 0 Å². The van der Waals surface area contributed by atoms with Gasteiger partial charge in [-0.3, -0.25) is 4.79 Å². The molecule has 4 rings (SSSR count). The Labute approximate surface area is 190 Å². The van der Waals surface area contributed by atoms with Crippen LogP contribution in [0.25, 0.3) is 16.8 Å². The molecule has 34 heavy (non-hydrogen) atoms. The Kier molecular flexibility index (Phi) is 5.94.